The molecule has 6 heteroatoms. The van der Waals surface area contributed by atoms with E-state index in [1.807, 2.05) is 36.9 Å². The molecule has 1 fully saturated rings. The van der Waals surface area contributed by atoms with Crippen molar-refractivity contribution >= 4 is 16.9 Å². The number of hydrogen-bond donors (Lipinski definition) is 1. The summed E-state index contributed by atoms with van der Waals surface area (Å²) in [4.78, 5) is 23.0. The van der Waals surface area contributed by atoms with E-state index in [2.05, 4.69) is 28.0 Å². The first kappa shape index (κ1) is 18.7. The highest BCUT2D eigenvalue weighted by molar-refractivity contribution is 5.76. The van der Waals surface area contributed by atoms with Crippen molar-refractivity contribution in [3.8, 4) is 0 Å². The van der Waals surface area contributed by atoms with Crippen molar-refractivity contribution in [1.82, 2.24) is 24.6 Å². The van der Waals surface area contributed by atoms with Crippen LogP contribution < -0.4 is 0 Å². The lowest BCUT2D eigenvalue weighted by Gasteiger charge is -2.32. The normalized spacial score (nSPS) is 17.4. The van der Waals surface area contributed by atoms with Crippen LogP contribution in [0, 0.1) is 19.8 Å². The SMILES string of the molecule is Cc1nn(C)c(C)c1CCC(=O)N1CCC[C@H](Cc2nc3ccccc3[nH]2)C1. The predicted octanol–water partition coefficient (Wildman–Crippen LogP) is 3.33. The number of aromatic amines is 1. The number of benzene rings is 1. The Hall–Kier alpha value is -2.63. The van der Waals surface area contributed by atoms with Crippen LogP contribution in [-0.4, -0.2) is 43.6 Å². The maximum atomic E-state index is 12.8. The van der Waals surface area contributed by atoms with Gasteiger partial charge < -0.3 is 9.88 Å². The summed E-state index contributed by atoms with van der Waals surface area (Å²) in [7, 11) is 1.96. The Morgan fingerprint density at radius 3 is 2.86 bits per heavy atom. The molecule has 0 unspecified atom stereocenters. The minimum Gasteiger partial charge on any atom is -0.342 e. The number of nitrogens with zero attached hydrogens (tertiary/aromatic N) is 4. The minimum absolute atomic E-state index is 0.261. The molecule has 0 bridgehead atoms. The van der Waals surface area contributed by atoms with Gasteiger partial charge in [0, 0.05) is 38.7 Å². The number of nitrogens with one attached hydrogen (secondary N) is 1. The first-order chi connectivity index (χ1) is 13.5. The summed E-state index contributed by atoms with van der Waals surface area (Å²) in [5.74, 6) is 1.76. The highest BCUT2D eigenvalue weighted by atomic mass is 16.2. The molecule has 1 saturated heterocycles. The highest BCUT2D eigenvalue weighted by Gasteiger charge is 2.25. The van der Waals surface area contributed by atoms with Gasteiger partial charge in [-0.3, -0.25) is 9.48 Å². The highest BCUT2D eigenvalue weighted by Crippen LogP contribution is 2.23. The quantitative estimate of drug-likeness (QED) is 0.739. The zero-order valence-corrected chi connectivity index (χ0v) is 17.0. The van der Waals surface area contributed by atoms with Crippen molar-refractivity contribution in [2.75, 3.05) is 13.1 Å². The zero-order chi connectivity index (χ0) is 19.7. The lowest BCUT2D eigenvalue weighted by atomic mass is 9.94. The summed E-state index contributed by atoms with van der Waals surface area (Å²) in [5.41, 5.74) is 5.51. The van der Waals surface area contributed by atoms with E-state index >= 15 is 0 Å². The number of para-hydroxylation sites is 2. The fourth-order valence-corrected chi connectivity index (χ4v) is 4.40. The Balaban J connectivity index is 1.35. The molecule has 0 saturated carbocycles. The van der Waals surface area contributed by atoms with E-state index in [9.17, 15) is 4.79 Å². The molecule has 3 aromatic rings. The van der Waals surface area contributed by atoms with E-state index in [1.165, 1.54) is 5.56 Å². The van der Waals surface area contributed by atoms with Crippen LogP contribution in [0.2, 0.25) is 0 Å². The maximum absolute atomic E-state index is 12.8. The third-order valence-corrected chi connectivity index (χ3v) is 6.04. The first-order valence-corrected chi connectivity index (χ1v) is 10.2. The largest absolute Gasteiger partial charge is 0.342 e. The van der Waals surface area contributed by atoms with E-state index in [1.54, 1.807) is 0 Å². The third-order valence-electron chi connectivity index (χ3n) is 6.04. The maximum Gasteiger partial charge on any atom is 0.222 e. The average Bonchev–Trinajstić information content (AvgIpc) is 3.20. The summed E-state index contributed by atoms with van der Waals surface area (Å²) in [6.07, 6.45) is 4.46. The van der Waals surface area contributed by atoms with Crippen molar-refractivity contribution in [1.29, 1.82) is 0 Å². The Kier molecular flexibility index (Phi) is 5.20. The molecule has 28 heavy (non-hydrogen) atoms. The molecular formula is C22H29N5O. The predicted molar refractivity (Wildman–Crippen MR) is 110 cm³/mol. The van der Waals surface area contributed by atoms with Gasteiger partial charge in [-0.05, 0) is 56.7 Å². The van der Waals surface area contributed by atoms with Gasteiger partial charge in [0.05, 0.1) is 16.7 Å². The molecule has 1 amide bonds. The number of fused-ring (bicyclic) bond motifs is 1. The van der Waals surface area contributed by atoms with Gasteiger partial charge in [-0.15, -0.1) is 0 Å². The number of imidazole rings is 1. The number of hydrogen-bond acceptors (Lipinski definition) is 3. The first-order valence-electron chi connectivity index (χ1n) is 10.2. The van der Waals surface area contributed by atoms with Gasteiger partial charge >= 0.3 is 0 Å². The second-order valence-corrected chi connectivity index (χ2v) is 8.03. The molecule has 1 aliphatic rings. The molecule has 2 aromatic heterocycles. The van der Waals surface area contributed by atoms with Crippen LogP contribution in [0.5, 0.6) is 0 Å². The smallest absolute Gasteiger partial charge is 0.222 e. The van der Waals surface area contributed by atoms with E-state index in [0.29, 0.717) is 12.3 Å². The van der Waals surface area contributed by atoms with Gasteiger partial charge in [0.15, 0.2) is 0 Å². The van der Waals surface area contributed by atoms with E-state index in [0.717, 1.165) is 67.0 Å². The monoisotopic (exact) mass is 379 g/mol. The van der Waals surface area contributed by atoms with Crippen LogP contribution in [0.4, 0.5) is 0 Å². The van der Waals surface area contributed by atoms with Crippen LogP contribution >= 0.6 is 0 Å². The summed E-state index contributed by atoms with van der Waals surface area (Å²) in [6, 6.07) is 8.13. The molecule has 1 N–H and O–H groups in total. The van der Waals surface area contributed by atoms with Gasteiger partial charge in [0.25, 0.3) is 0 Å². The third kappa shape index (κ3) is 3.81. The molecule has 6 nitrogen and oxygen atoms in total. The van der Waals surface area contributed by atoms with Gasteiger partial charge in [0.1, 0.15) is 5.82 Å². The Labute approximate surface area is 166 Å². The zero-order valence-electron chi connectivity index (χ0n) is 17.0. The molecule has 148 valence electrons. The number of carbonyl (C=O) groups excluding carboxylic acids is 1. The molecule has 3 heterocycles. The number of amides is 1. The summed E-state index contributed by atoms with van der Waals surface area (Å²) in [5, 5.41) is 4.46. The van der Waals surface area contributed by atoms with Gasteiger partial charge in [-0.1, -0.05) is 12.1 Å². The van der Waals surface area contributed by atoms with Crippen LogP contribution in [0.15, 0.2) is 24.3 Å². The number of aromatic nitrogens is 4. The number of H-pyrrole nitrogens is 1. The fourth-order valence-electron chi connectivity index (χ4n) is 4.40. The lowest BCUT2D eigenvalue weighted by Crippen LogP contribution is -2.40. The van der Waals surface area contributed by atoms with Gasteiger partial charge in [0.2, 0.25) is 5.91 Å². The second-order valence-electron chi connectivity index (χ2n) is 8.03. The van der Waals surface area contributed by atoms with Gasteiger partial charge in [-0.25, -0.2) is 4.98 Å². The number of likely N-dealkylation sites (tertiary alicyclic amines) is 1. The molecule has 0 spiro atoms. The van der Waals surface area contributed by atoms with E-state index < -0.39 is 0 Å². The molecule has 0 radical (unpaired) electrons. The Morgan fingerprint density at radius 2 is 2.11 bits per heavy atom. The Morgan fingerprint density at radius 1 is 1.29 bits per heavy atom. The molecule has 1 atom stereocenters. The van der Waals surface area contributed by atoms with E-state index in [-0.39, 0.29) is 5.91 Å². The minimum atomic E-state index is 0.261. The van der Waals surface area contributed by atoms with Crippen LogP contribution in [0.3, 0.4) is 0 Å². The van der Waals surface area contributed by atoms with Crippen molar-refractivity contribution < 1.29 is 4.79 Å². The number of rotatable bonds is 5. The van der Waals surface area contributed by atoms with Crippen LogP contribution in [-0.2, 0) is 24.7 Å². The lowest BCUT2D eigenvalue weighted by molar-refractivity contribution is -0.133. The summed E-state index contributed by atoms with van der Waals surface area (Å²) in [6.45, 7) is 5.81. The second kappa shape index (κ2) is 7.78. The van der Waals surface area contributed by atoms with Crippen molar-refractivity contribution in [2.45, 2.75) is 46.0 Å². The molecule has 0 aliphatic carbocycles. The topological polar surface area (TPSA) is 66.8 Å². The summed E-state index contributed by atoms with van der Waals surface area (Å²) < 4.78 is 1.90. The Bertz CT molecular complexity index is 953. The van der Waals surface area contributed by atoms with Crippen molar-refractivity contribution in [2.24, 2.45) is 13.0 Å². The van der Waals surface area contributed by atoms with Crippen LogP contribution in [0.1, 0.15) is 42.0 Å². The number of carbonyl (C=O) groups is 1. The standard InChI is InChI=1S/C22H29N5O/c1-15-18(16(2)26(3)25-15)10-11-22(28)27-12-6-7-17(14-27)13-21-23-19-8-4-5-9-20(19)24-21/h4-5,8-9,17H,6-7,10-14H2,1-3H3,(H,23,24)/t17-/m1/s1. The van der Waals surface area contributed by atoms with Crippen LogP contribution in [0.25, 0.3) is 11.0 Å². The molecular weight excluding hydrogens is 350 g/mol. The van der Waals surface area contributed by atoms with Gasteiger partial charge in [-0.2, -0.15) is 5.10 Å². The van der Waals surface area contributed by atoms with Crippen molar-refractivity contribution in [3.05, 3.63) is 47.0 Å². The molecule has 1 aliphatic heterocycles. The van der Waals surface area contributed by atoms with E-state index in [4.69, 9.17) is 4.98 Å². The average molecular weight is 380 g/mol. The van der Waals surface area contributed by atoms with Crippen molar-refractivity contribution in [3.63, 3.8) is 0 Å². The number of aryl methyl sites for hydroxylation is 2. The molecule has 4 rings (SSSR count). The number of piperidine rings is 1. The fraction of sp³-hybridized carbons (Fsp3) is 0.500. The summed E-state index contributed by atoms with van der Waals surface area (Å²) >= 11 is 0. The molecule has 1 aromatic carbocycles.